The molecule has 6 rings (SSSR count). The molecule has 0 spiro atoms. The predicted octanol–water partition coefficient (Wildman–Crippen LogP) is 6.43. The Hall–Kier alpha value is -3.77. The lowest BCUT2D eigenvalue weighted by Gasteiger charge is -2.50. The highest BCUT2D eigenvalue weighted by atomic mass is 32.2. The molecule has 4 N–H and O–H groups in total. The maximum atomic E-state index is 11.8. The second-order valence-electron chi connectivity index (χ2n) is 9.34. The van der Waals surface area contributed by atoms with Crippen LogP contribution in [-0.4, -0.2) is 22.4 Å². The minimum Gasteiger partial charge on any atom is -0.385 e. The zero-order valence-corrected chi connectivity index (χ0v) is 21.0. The highest BCUT2D eigenvalue weighted by molar-refractivity contribution is 8.01. The maximum Gasteiger partial charge on any atom is 0.142 e. The van der Waals surface area contributed by atoms with Crippen molar-refractivity contribution in [2.75, 3.05) is 10.6 Å². The number of para-hydroxylation sites is 2. The van der Waals surface area contributed by atoms with Crippen LogP contribution >= 0.6 is 11.8 Å². The lowest BCUT2D eigenvalue weighted by molar-refractivity contribution is 0.170. The largest absolute Gasteiger partial charge is 0.385 e. The van der Waals surface area contributed by atoms with Gasteiger partial charge in [0.2, 0.25) is 0 Å². The summed E-state index contributed by atoms with van der Waals surface area (Å²) in [5.41, 5.74) is 5.70. The number of rotatable bonds is 6. The molecule has 0 amide bonds. The van der Waals surface area contributed by atoms with Crippen molar-refractivity contribution < 1.29 is 10.2 Å². The smallest absolute Gasteiger partial charge is 0.142 e. The van der Waals surface area contributed by atoms with E-state index in [1.54, 1.807) is 0 Å². The molecule has 0 fully saturated rings. The van der Waals surface area contributed by atoms with Crippen molar-refractivity contribution in [1.82, 2.24) is 0 Å². The van der Waals surface area contributed by atoms with Gasteiger partial charge < -0.3 is 20.8 Å². The SMILES string of the molecule is OC1C=Cc2ccccc2C1(Nc1ccccc1)SC1(Nc2ccccc2)c2ccccc2C=CC1O. The van der Waals surface area contributed by atoms with Crippen LogP contribution in [0, 0.1) is 0 Å². The minimum atomic E-state index is -1.02. The standard InChI is InChI=1S/C32H28N2O2S/c35-29-21-19-23-11-7-9-17-27(23)31(29,33-25-13-3-1-4-14-25)37-32(34-26-15-5-2-6-16-26)28-18-10-8-12-24(28)20-22-30(32)36/h1-22,29-30,33-36H. The van der Waals surface area contributed by atoms with Crippen molar-refractivity contribution in [2.24, 2.45) is 0 Å². The molecule has 184 valence electrons. The monoisotopic (exact) mass is 504 g/mol. The summed E-state index contributed by atoms with van der Waals surface area (Å²) in [5.74, 6) is 0. The molecule has 5 heteroatoms. The van der Waals surface area contributed by atoms with Gasteiger partial charge in [-0.25, -0.2) is 0 Å². The van der Waals surface area contributed by atoms with Gasteiger partial charge in [0.25, 0.3) is 0 Å². The molecule has 0 bridgehead atoms. The summed E-state index contributed by atoms with van der Waals surface area (Å²) >= 11 is 1.50. The summed E-state index contributed by atoms with van der Waals surface area (Å²) in [6.45, 7) is 0. The molecular weight excluding hydrogens is 476 g/mol. The molecule has 0 radical (unpaired) electrons. The van der Waals surface area contributed by atoms with Gasteiger partial charge in [-0.2, -0.15) is 0 Å². The van der Waals surface area contributed by atoms with Crippen molar-refractivity contribution in [2.45, 2.75) is 21.9 Å². The summed E-state index contributed by atoms with van der Waals surface area (Å²) in [7, 11) is 0. The zero-order chi connectivity index (χ0) is 25.3. The van der Waals surface area contributed by atoms with Crippen LogP contribution in [0.4, 0.5) is 11.4 Å². The van der Waals surface area contributed by atoms with Crippen LogP contribution in [0.25, 0.3) is 12.2 Å². The number of hydrogen-bond donors (Lipinski definition) is 4. The van der Waals surface area contributed by atoms with Gasteiger partial charge in [-0.15, -0.1) is 0 Å². The number of thioether (sulfide) groups is 1. The second kappa shape index (κ2) is 9.60. The molecule has 37 heavy (non-hydrogen) atoms. The van der Waals surface area contributed by atoms with E-state index in [0.29, 0.717) is 0 Å². The van der Waals surface area contributed by atoms with Crippen LogP contribution in [0.5, 0.6) is 0 Å². The van der Waals surface area contributed by atoms with Gasteiger partial charge >= 0.3 is 0 Å². The number of fused-ring (bicyclic) bond motifs is 2. The maximum absolute atomic E-state index is 11.8. The van der Waals surface area contributed by atoms with Gasteiger partial charge in [-0.1, -0.05) is 121 Å². The van der Waals surface area contributed by atoms with Crippen LogP contribution in [0.3, 0.4) is 0 Å². The fraction of sp³-hybridized carbons (Fsp3) is 0.125. The number of anilines is 2. The molecule has 4 aromatic rings. The summed E-state index contributed by atoms with van der Waals surface area (Å²) in [4.78, 5) is -2.04. The normalized spacial score (nSPS) is 25.7. The summed E-state index contributed by atoms with van der Waals surface area (Å²) < 4.78 is 0. The number of hydrogen-bond acceptors (Lipinski definition) is 5. The van der Waals surface area contributed by atoms with Crippen LogP contribution in [-0.2, 0) is 9.74 Å². The van der Waals surface area contributed by atoms with E-state index in [9.17, 15) is 10.2 Å². The lowest BCUT2D eigenvalue weighted by atomic mass is 9.89. The lowest BCUT2D eigenvalue weighted by Crippen LogP contribution is -2.53. The van der Waals surface area contributed by atoms with Crippen LogP contribution in [0.2, 0.25) is 0 Å². The Labute approximate surface area is 221 Å². The van der Waals surface area contributed by atoms with E-state index in [0.717, 1.165) is 33.6 Å². The van der Waals surface area contributed by atoms with Crippen molar-refractivity contribution >= 4 is 35.3 Å². The quantitative estimate of drug-likeness (QED) is 0.228. The highest BCUT2D eigenvalue weighted by Gasteiger charge is 2.53. The molecule has 0 heterocycles. The third-order valence-corrected chi connectivity index (χ3v) is 8.77. The molecule has 2 aliphatic rings. The minimum absolute atomic E-state index is 0.878. The Morgan fingerprint density at radius 2 is 0.892 bits per heavy atom. The molecule has 0 saturated heterocycles. The Kier molecular flexibility index (Phi) is 6.13. The average molecular weight is 505 g/mol. The Bertz CT molecular complexity index is 1350. The first-order valence-electron chi connectivity index (χ1n) is 12.4. The summed E-state index contributed by atoms with van der Waals surface area (Å²) in [6.07, 6.45) is 5.83. The van der Waals surface area contributed by atoms with Gasteiger partial charge in [0.1, 0.15) is 21.9 Å². The first-order chi connectivity index (χ1) is 18.1. The molecule has 4 aromatic carbocycles. The van der Waals surface area contributed by atoms with Crippen molar-refractivity contribution in [3.05, 3.63) is 144 Å². The van der Waals surface area contributed by atoms with Gasteiger partial charge in [-0.05, 0) is 46.5 Å². The number of aliphatic hydroxyl groups is 2. The fourth-order valence-corrected chi connectivity index (χ4v) is 7.07. The molecular formula is C32H28N2O2S. The van der Waals surface area contributed by atoms with E-state index in [1.165, 1.54) is 11.8 Å². The summed E-state index contributed by atoms with van der Waals surface area (Å²) in [5, 5.41) is 30.9. The first-order valence-corrected chi connectivity index (χ1v) is 13.2. The predicted molar refractivity (Wildman–Crippen MR) is 154 cm³/mol. The number of nitrogens with one attached hydrogen (secondary N) is 2. The Morgan fingerprint density at radius 3 is 1.32 bits per heavy atom. The fourth-order valence-electron chi connectivity index (χ4n) is 5.23. The third-order valence-electron chi connectivity index (χ3n) is 7.00. The molecule has 4 nitrogen and oxygen atoms in total. The molecule has 0 saturated carbocycles. The van der Waals surface area contributed by atoms with E-state index < -0.39 is 21.9 Å². The van der Waals surface area contributed by atoms with Crippen molar-refractivity contribution in [1.29, 1.82) is 0 Å². The van der Waals surface area contributed by atoms with Gasteiger partial charge in [0.15, 0.2) is 0 Å². The van der Waals surface area contributed by atoms with Crippen LogP contribution < -0.4 is 10.6 Å². The van der Waals surface area contributed by atoms with Gasteiger partial charge in [0, 0.05) is 11.4 Å². The van der Waals surface area contributed by atoms with Crippen molar-refractivity contribution in [3.8, 4) is 0 Å². The van der Waals surface area contributed by atoms with Crippen LogP contribution in [0.15, 0.2) is 121 Å². The number of benzene rings is 4. The zero-order valence-electron chi connectivity index (χ0n) is 20.2. The van der Waals surface area contributed by atoms with E-state index in [1.807, 2.05) is 109 Å². The highest BCUT2D eigenvalue weighted by Crippen LogP contribution is 2.57. The average Bonchev–Trinajstić information content (AvgIpc) is 2.94. The number of aliphatic hydroxyl groups excluding tert-OH is 2. The van der Waals surface area contributed by atoms with Crippen LogP contribution in [0.1, 0.15) is 22.3 Å². The van der Waals surface area contributed by atoms with E-state index in [2.05, 4.69) is 34.9 Å². The first kappa shape index (κ1) is 23.6. The van der Waals surface area contributed by atoms with E-state index in [4.69, 9.17) is 0 Å². The third kappa shape index (κ3) is 4.15. The molecule has 2 aliphatic carbocycles. The Morgan fingerprint density at radius 1 is 0.514 bits per heavy atom. The van der Waals surface area contributed by atoms with E-state index >= 15 is 0 Å². The van der Waals surface area contributed by atoms with Crippen molar-refractivity contribution in [3.63, 3.8) is 0 Å². The van der Waals surface area contributed by atoms with E-state index in [-0.39, 0.29) is 0 Å². The Balaban J connectivity index is 1.58. The van der Waals surface area contributed by atoms with Gasteiger partial charge in [-0.3, -0.25) is 0 Å². The molecule has 4 unspecified atom stereocenters. The molecule has 4 atom stereocenters. The summed E-state index contributed by atoms with van der Waals surface area (Å²) in [6, 6.07) is 36.1. The second-order valence-corrected chi connectivity index (χ2v) is 10.8. The molecule has 0 aromatic heterocycles. The topological polar surface area (TPSA) is 64.5 Å². The van der Waals surface area contributed by atoms with Gasteiger partial charge in [0.05, 0.1) is 0 Å². The molecule has 0 aliphatic heterocycles.